The highest BCUT2D eigenvalue weighted by Gasteiger charge is 2.18. The van der Waals surface area contributed by atoms with Crippen LogP contribution in [0.4, 0.5) is 5.95 Å². The van der Waals surface area contributed by atoms with Crippen molar-refractivity contribution in [1.82, 2.24) is 35.1 Å². The summed E-state index contributed by atoms with van der Waals surface area (Å²) in [7, 11) is 0. The predicted molar refractivity (Wildman–Crippen MR) is 87.2 cm³/mol. The maximum atomic E-state index is 4.88. The van der Waals surface area contributed by atoms with E-state index in [0.29, 0.717) is 0 Å². The normalized spacial score (nSPS) is 15.9. The number of benzene rings is 1. The van der Waals surface area contributed by atoms with Gasteiger partial charge in [-0.2, -0.15) is 0 Å². The van der Waals surface area contributed by atoms with Gasteiger partial charge in [0.05, 0.1) is 17.6 Å². The number of nitrogens with one attached hydrogen (secondary N) is 1. The van der Waals surface area contributed by atoms with Gasteiger partial charge in [-0.1, -0.05) is 12.1 Å². The Morgan fingerprint density at radius 1 is 1.09 bits per heavy atom. The Bertz CT molecular complexity index is 755. The summed E-state index contributed by atoms with van der Waals surface area (Å²) in [5, 5.41) is 14.8. The molecule has 0 saturated carbocycles. The fourth-order valence-corrected chi connectivity index (χ4v) is 3.06. The molecule has 3 aromatic rings. The lowest BCUT2D eigenvalue weighted by atomic mass is 10.3. The average molecular weight is 312 g/mol. The highest BCUT2D eigenvalue weighted by molar-refractivity contribution is 5.78. The third-order valence-corrected chi connectivity index (χ3v) is 4.20. The van der Waals surface area contributed by atoms with Crippen LogP contribution in [0.3, 0.4) is 0 Å². The van der Waals surface area contributed by atoms with Crippen LogP contribution in [0.5, 0.6) is 0 Å². The van der Waals surface area contributed by atoms with E-state index in [9.17, 15) is 0 Å². The first-order chi connectivity index (χ1) is 11.4. The molecule has 0 radical (unpaired) electrons. The fourth-order valence-electron chi connectivity index (χ4n) is 3.06. The van der Waals surface area contributed by atoms with Crippen LogP contribution in [0, 0.1) is 0 Å². The Morgan fingerprint density at radius 2 is 2.04 bits per heavy atom. The summed E-state index contributed by atoms with van der Waals surface area (Å²) < 4.78 is 4.03. The van der Waals surface area contributed by atoms with E-state index in [2.05, 4.69) is 48.5 Å². The summed E-state index contributed by atoms with van der Waals surface area (Å²) in [6.07, 6.45) is 2.78. The number of para-hydroxylation sites is 2. The molecule has 3 heterocycles. The van der Waals surface area contributed by atoms with Gasteiger partial charge in [-0.25, -0.2) is 9.67 Å². The van der Waals surface area contributed by atoms with Gasteiger partial charge in [0, 0.05) is 26.2 Å². The summed E-state index contributed by atoms with van der Waals surface area (Å²) in [6.45, 7) is 5.60. The Labute approximate surface area is 134 Å². The van der Waals surface area contributed by atoms with Crippen molar-refractivity contribution in [2.45, 2.75) is 19.5 Å². The molecule has 0 amide bonds. The first-order valence-corrected chi connectivity index (χ1v) is 8.03. The monoisotopic (exact) mass is 312 g/mol. The largest absolute Gasteiger partial charge is 0.341 e. The van der Waals surface area contributed by atoms with E-state index in [1.165, 1.54) is 0 Å². The molecule has 8 nitrogen and oxygen atoms in total. The van der Waals surface area contributed by atoms with E-state index in [1.54, 1.807) is 11.0 Å². The lowest BCUT2D eigenvalue weighted by Crippen LogP contribution is -2.30. The summed E-state index contributed by atoms with van der Waals surface area (Å²) in [5.41, 5.74) is 2.20. The molecule has 0 aliphatic carbocycles. The number of aromatic nitrogens is 6. The van der Waals surface area contributed by atoms with Crippen LogP contribution in [0.25, 0.3) is 11.0 Å². The van der Waals surface area contributed by atoms with Crippen molar-refractivity contribution in [3.63, 3.8) is 0 Å². The number of hydrogen-bond donors (Lipinski definition) is 1. The second-order valence-electron chi connectivity index (χ2n) is 5.72. The zero-order valence-electron chi connectivity index (χ0n) is 13.0. The van der Waals surface area contributed by atoms with Gasteiger partial charge in [-0.3, -0.25) is 0 Å². The van der Waals surface area contributed by atoms with Crippen LogP contribution in [-0.2, 0) is 13.1 Å². The van der Waals surface area contributed by atoms with Crippen LogP contribution < -0.4 is 10.2 Å². The van der Waals surface area contributed by atoms with Crippen LogP contribution in [-0.4, -0.2) is 55.9 Å². The molecular weight excluding hydrogens is 292 g/mol. The van der Waals surface area contributed by atoms with Crippen molar-refractivity contribution >= 4 is 17.0 Å². The van der Waals surface area contributed by atoms with Gasteiger partial charge in [-0.15, -0.1) is 5.10 Å². The number of aryl methyl sites for hydroxylation is 2. The van der Waals surface area contributed by atoms with Crippen molar-refractivity contribution in [3.05, 3.63) is 30.6 Å². The lowest BCUT2D eigenvalue weighted by molar-refractivity contribution is 0.523. The fraction of sp³-hybridized carbons (Fsp3) is 0.467. The second kappa shape index (κ2) is 6.33. The topological polar surface area (TPSA) is 76.7 Å². The first kappa shape index (κ1) is 14.1. The molecule has 1 fully saturated rings. The Kier molecular flexibility index (Phi) is 3.89. The minimum atomic E-state index is 0.729. The maximum absolute atomic E-state index is 4.88. The smallest absolute Gasteiger partial charge is 0.206 e. The van der Waals surface area contributed by atoms with Gasteiger partial charge >= 0.3 is 0 Å². The van der Waals surface area contributed by atoms with Gasteiger partial charge < -0.3 is 14.8 Å². The zero-order valence-corrected chi connectivity index (χ0v) is 13.0. The van der Waals surface area contributed by atoms with Gasteiger partial charge in [0.15, 0.2) is 0 Å². The number of fused-ring (bicyclic) bond motifs is 1. The number of imidazole rings is 1. The number of tetrazole rings is 1. The Balaban J connectivity index is 1.68. The standard InChI is InChI=1S/C15H20N8/c1-2-5-14-13(4-1)18-15(21-8-3-6-16-7-9-21)23(14)11-10-22-12-17-19-20-22/h1-2,4-5,12,16H,3,6-11H2. The van der Waals surface area contributed by atoms with Gasteiger partial charge in [0.1, 0.15) is 6.33 Å². The van der Waals surface area contributed by atoms with Gasteiger partial charge in [0.2, 0.25) is 5.95 Å². The van der Waals surface area contributed by atoms with Crippen molar-refractivity contribution in [1.29, 1.82) is 0 Å². The third-order valence-electron chi connectivity index (χ3n) is 4.20. The second-order valence-corrected chi connectivity index (χ2v) is 5.72. The van der Waals surface area contributed by atoms with E-state index in [1.807, 2.05) is 6.07 Å². The number of anilines is 1. The highest BCUT2D eigenvalue weighted by atomic mass is 15.5. The third kappa shape index (κ3) is 2.89. The quantitative estimate of drug-likeness (QED) is 0.757. The summed E-state index contributed by atoms with van der Waals surface area (Å²) in [4.78, 5) is 7.25. The molecule has 1 aliphatic rings. The summed E-state index contributed by atoms with van der Waals surface area (Å²) >= 11 is 0. The lowest BCUT2D eigenvalue weighted by Gasteiger charge is -2.22. The Morgan fingerprint density at radius 3 is 2.96 bits per heavy atom. The van der Waals surface area contributed by atoms with Crippen LogP contribution >= 0.6 is 0 Å². The molecule has 0 atom stereocenters. The minimum Gasteiger partial charge on any atom is -0.341 e. The summed E-state index contributed by atoms with van der Waals surface area (Å²) in [5.74, 6) is 1.04. The van der Waals surface area contributed by atoms with Crippen molar-refractivity contribution in [2.75, 3.05) is 31.1 Å². The van der Waals surface area contributed by atoms with E-state index in [0.717, 1.165) is 62.7 Å². The van der Waals surface area contributed by atoms with Crippen molar-refractivity contribution in [3.8, 4) is 0 Å². The van der Waals surface area contributed by atoms with Crippen LogP contribution in [0.2, 0.25) is 0 Å². The van der Waals surface area contributed by atoms with E-state index in [4.69, 9.17) is 4.98 Å². The molecule has 1 aromatic carbocycles. The van der Waals surface area contributed by atoms with Gasteiger partial charge in [-0.05, 0) is 35.5 Å². The molecule has 8 heteroatoms. The zero-order chi connectivity index (χ0) is 15.5. The molecule has 23 heavy (non-hydrogen) atoms. The molecule has 4 rings (SSSR count). The highest BCUT2D eigenvalue weighted by Crippen LogP contribution is 2.23. The number of rotatable bonds is 4. The van der Waals surface area contributed by atoms with E-state index >= 15 is 0 Å². The Hall–Kier alpha value is -2.48. The predicted octanol–water partition coefficient (Wildman–Crippen LogP) is 0.523. The molecular formula is C15H20N8. The average Bonchev–Trinajstić information content (AvgIpc) is 3.13. The van der Waals surface area contributed by atoms with Crippen molar-refractivity contribution < 1.29 is 0 Å². The summed E-state index contributed by atoms with van der Waals surface area (Å²) in [6, 6.07) is 8.30. The minimum absolute atomic E-state index is 0.729. The number of hydrogen-bond acceptors (Lipinski definition) is 6. The van der Waals surface area contributed by atoms with Gasteiger partial charge in [0.25, 0.3) is 0 Å². The van der Waals surface area contributed by atoms with Crippen LogP contribution in [0.15, 0.2) is 30.6 Å². The molecule has 1 N–H and O–H groups in total. The molecule has 0 bridgehead atoms. The van der Waals surface area contributed by atoms with E-state index in [-0.39, 0.29) is 0 Å². The first-order valence-electron chi connectivity index (χ1n) is 8.03. The molecule has 120 valence electrons. The molecule has 2 aromatic heterocycles. The maximum Gasteiger partial charge on any atom is 0.206 e. The molecule has 1 aliphatic heterocycles. The molecule has 0 unspecified atom stereocenters. The van der Waals surface area contributed by atoms with Crippen molar-refractivity contribution in [2.24, 2.45) is 0 Å². The van der Waals surface area contributed by atoms with E-state index < -0.39 is 0 Å². The molecule has 1 saturated heterocycles. The molecule has 0 spiro atoms. The van der Waals surface area contributed by atoms with Crippen LogP contribution in [0.1, 0.15) is 6.42 Å². The SMILES string of the molecule is c1ccc2c(c1)nc(N1CCCNCC1)n2CCn1cnnn1. The number of nitrogens with zero attached hydrogens (tertiary/aromatic N) is 7.